The van der Waals surface area contributed by atoms with Crippen molar-refractivity contribution in [1.82, 2.24) is 0 Å². The third kappa shape index (κ3) is 5.06. The van der Waals surface area contributed by atoms with E-state index >= 15 is 4.39 Å². The Morgan fingerprint density at radius 3 is 1.64 bits per heavy atom. The number of rotatable bonds is 7. The summed E-state index contributed by atoms with van der Waals surface area (Å²) >= 11 is 0. The molecule has 9 rings (SSSR count). The molecule has 0 saturated carbocycles. The number of para-hydroxylation sites is 4. The summed E-state index contributed by atoms with van der Waals surface area (Å²) in [6, 6.07) is 62.8. The molecule has 4 heteroatoms. The Morgan fingerprint density at radius 2 is 0.980 bits per heavy atom. The zero-order chi connectivity index (χ0) is 33.4. The molecule has 0 amide bonds. The van der Waals surface area contributed by atoms with Crippen LogP contribution in [0.4, 0.5) is 38.5 Å². The second-order valence-corrected chi connectivity index (χ2v) is 12.3. The second-order valence-electron chi connectivity index (χ2n) is 12.3. The van der Waals surface area contributed by atoms with Gasteiger partial charge >= 0.3 is 0 Å². The minimum absolute atomic E-state index is 0.300. The first-order valence-electron chi connectivity index (χ1n) is 16.7. The van der Waals surface area contributed by atoms with Crippen molar-refractivity contribution in [2.75, 3.05) is 9.80 Å². The number of fused-ring (bicyclic) bond motifs is 2. The number of ether oxygens (including phenoxy) is 1. The molecule has 50 heavy (non-hydrogen) atoms. The lowest BCUT2D eigenvalue weighted by Gasteiger charge is -2.31. The van der Waals surface area contributed by atoms with Gasteiger partial charge in [0.25, 0.3) is 0 Å². The van der Waals surface area contributed by atoms with E-state index in [4.69, 9.17) is 4.74 Å². The lowest BCUT2D eigenvalue weighted by atomic mass is 9.92. The summed E-state index contributed by atoms with van der Waals surface area (Å²) in [6.45, 7) is 0. The molecule has 0 fully saturated rings. The molecule has 1 heterocycles. The van der Waals surface area contributed by atoms with E-state index in [0.717, 1.165) is 73.0 Å². The molecule has 0 N–H and O–H groups in total. The van der Waals surface area contributed by atoms with Crippen molar-refractivity contribution in [2.24, 2.45) is 0 Å². The highest BCUT2D eigenvalue weighted by Gasteiger charge is 2.27. The van der Waals surface area contributed by atoms with Crippen LogP contribution in [0.15, 0.2) is 188 Å². The molecule has 0 spiro atoms. The minimum atomic E-state index is -0.300. The molecule has 0 atom stereocenters. The molecule has 0 bridgehead atoms. The summed E-state index contributed by atoms with van der Waals surface area (Å²) in [5.74, 6) is 1.25. The van der Waals surface area contributed by atoms with Crippen molar-refractivity contribution in [3.05, 3.63) is 194 Å². The van der Waals surface area contributed by atoms with Gasteiger partial charge in [0.1, 0.15) is 17.3 Å². The van der Waals surface area contributed by atoms with E-state index in [1.807, 2.05) is 95.9 Å². The molecule has 0 saturated heterocycles. The van der Waals surface area contributed by atoms with Crippen molar-refractivity contribution in [3.8, 4) is 33.8 Å². The normalized spacial score (nSPS) is 11.5. The Morgan fingerprint density at radius 1 is 0.400 bits per heavy atom. The summed E-state index contributed by atoms with van der Waals surface area (Å²) in [6.07, 6.45) is 0. The van der Waals surface area contributed by atoms with Gasteiger partial charge in [-0.2, -0.15) is 0 Å². The molecule has 8 aromatic carbocycles. The van der Waals surface area contributed by atoms with Gasteiger partial charge in [0, 0.05) is 50.7 Å². The summed E-state index contributed by atoms with van der Waals surface area (Å²) in [5, 5.41) is 1.96. The van der Waals surface area contributed by atoms with E-state index < -0.39 is 0 Å². The molecule has 8 aromatic rings. The summed E-state index contributed by atoms with van der Waals surface area (Å²) in [5.41, 5.74) is 9.17. The topological polar surface area (TPSA) is 15.7 Å². The number of anilines is 6. The third-order valence-corrected chi connectivity index (χ3v) is 9.29. The number of nitrogens with zero attached hydrogens (tertiary/aromatic N) is 2. The van der Waals surface area contributed by atoms with Crippen molar-refractivity contribution in [3.63, 3.8) is 0 Å². The fourth-order valence-corrected chi connectivity index (χ4v) is 7.10. The van der Waals surface area contributed by atoms with Crippen LogP contribution in [0.3, 0.4) is 0 Å². The lowest BCUT2D eigenvalue weighted by Crippen LogP contribution is -2.14. The van der Waals surface area contributed by atoms with Crippen LogP contribution < -0.4 is 14.5 Å². The van der Waals surface area contributed by atoms with Gasteiger partial charge in [0.05, 0.1) is 11.4 Å². The average Bonchev–Trinajstić information content (AvgIpc) is 3.18. The molecule has 0 unspecified atom stereocenters. The summed E-state index contributed by atoms with van der Waals surface area (Å²) < 4.78 is 23.0. The van der Waals surface area contributed by atoms with Gasteiger partial charge in [0.15, 0.2) is 0 Å². The maximum absolute atomic E-state index is 16.3. The predicted octanol–water partition coefficient (Wildman–Crippen LogP) is 13.4. The van der Waals surface area contributed by atoms with Crippen LogP contribution >= 0.6 is 0 Å². The minimum Gasteiger partial charge on any atom is -0.456 e. The highest BCUT2D eigenvalue weighted by molar-refractivity contribution is 6.11. The molecule has 238 valence electrons. The monoisotopic (exact) mass is 646 g/mol. The Bertz CT molecular complexity index is 2430. The molecule has 1 aliphatic rings. The Balaban J connectivity index is 1.22. The molecule has 0 aromatic heterocycles. The van der Waals surface area contributed by atoms with Crippen LogP contribution in [-0.4, -0.2) is 0 Å². The third-order valence-electron chi connectivity index (χ3n) is 9.29. The fourth-order valence-electron chi connectivity index (χ4n) is 7.10. The SMILES string of the molecule is Fc1cccc(-c2ccccc2)c1N(c1ccccc1)c1ccc2c3c(cccc13)Oc1cc(N(c3ccccc3)c3ccccc3)ccc1-2. The first-order chi connectivity index (χ1) is 24.7. The van der Waals surface area contributed by atoms with Gasteiger partial charge < -0.3 is 14.5 Å². The maximum Gasteiger partial charge on any atom is 0.147 e. The summed E-state index contributed by atoms with van der Waals surface area (Å²) in [4.78, 5) is 4.27. The number of hydrogen-bond acceptors (Lipinski definition) is 3. The van der Waals surface area contributed by atoms with E-state index in [1.165, 1.54) is 6.07 Å². The zero-order valence-electron chi connectivity index (χ0n) is 27.1. The smallest absolute Gasteiger partial charge is 0.147 e. The van der Waals surface area contributed by atoms with Crippen LogP contribution in [0.2, 0.25) is 0 Å². The van der Waals surface area contributed by atoms with Crippen molar-refractivity contribution >= 4 is 44.9 Å². The van der Waals surface area contributed by atoms with Gasteiger partial charge in [0.2, 0.25) is 0 Å². The van der Waals surface area contributed by atoms with Crippen molar-refractivity contribution in [1.29, 1.82) is 0 Å². The maximum atomic E-state index is 16.3. The molecule has 0 radical (unpaired) electrons. The van der Waals surface area contributed by atoms with E-state index in [-0.39, 0.29) is 5.82 Å². The first-order valence-corrected chi connectivity index (χ1v) is 16.7. The summed E-state index contributed by atoms with van der Waals surface area (Å²) in [7, 11) is 0. The van der Waals surface area contributed by atoms with E-state index in [0.29, 0.717) is 5.69 Å². The number of halogens is 1. The van der Waals surface area contributed by atoms with Crippen LogP contribution in [0.25, 0.3) is 33.0 Å². The Kier molecular flexibility index (Phi) is 7.33. The molecular weight excluding hydrogens is 616 g/mol. The van der Waals surface area contributed by atoms with E-state index in [1.54, 1.807) is 6.07 Å². The highest BCUT2D eigenvalue weighted by Crippen LogP contribution is 2.52. The Labute approximate surface area is 290 Å². The standard InChI is InChI=1S/C46H31FN2O/c47-41-25-13-23-37(32-15-5-1-6-16-32)46(41)49(35-21-11-4-12-22-35)42-30-29-39-38-28-27-36(31-44(38)50-43-26-14-24-40(42)45(39)43)48(33-17-7-2-8-18-33)34-19-9-3-10-20-34/h1-31H. The van der Waals surface area contributed by atoms with Crippen LogP contribution in [0, 0.1) is 5.82 Å². The molecule has 3 nitrogen and oxygen atoms in total. The van der Waals surface area contributed by atoms with Crippen molar-refractivity contribution < 1.29 is 9.13 Å². The highest BCUT2D eigenvalue weighted by atomic mass is 19.1. The number of benzene rings is 8. The lowest BCUT2D eigenvalue weighted by molar-refractivity contribution is 0.487. The van der Waals surface area contributed by atoms with Gasteiger partial charge in [-0.05, 0) is 77.9 Å². The van der Waals surface area contributed by atoms with E-state index in [9.17, 15) is 0 Å². The van der Waals surface area contributed by atoms with E-state index in [2.05, 4.69) is 89.8 Å². The molecule has 0 aliphatic carbocycles. The largest absolute Gasteiger partial charge is 0.456 e. The van der Waals surface area contributed by atoms with Crippen LogP contribution in [0.1, 0.15) is 0 Å². The quantitative estimate of drug-likeness (QED) is 0.171. The van der Waals surface area contributed by atoms with Gasteiger partial charge in [-0.25, -0.2) is 4.39 Å². The number of hydrogen-bond donors (Lipinski definition) is 0. The first kappa shape index (κ1) is 29.5. The van der Waals surface area contributed by atoms with Crippen molar-refractivity contribution in [2.45, 2.75) is 0 Å². The van der Waals surface area contributed by atoms with Gasteiger partial charge in [-0.1, -0.05) is 115 Å². The second kappa shape index (κ2) is 12.4. The Hall–Kier alpha value is -6.65. The van der Waals surface area contributed by atoms with Gasteiger partial charge in [-0.3, -0.25) is 0 Å². The zero-order valence-corrected chi connectivity index (χ0v) is 27.1. The fraction of sp³-hybridized carbons (Fsp3) is 0. The van der Waals surface area contributed by atoms with Crippen LogP contribution in [0.5, 0.6) is 11.5 Å². The molecule has 1 aliphatic heterocycles. The predicted molar refractivity (Wildman–Crippen MR) is 204 cm³/mol. The molecular formula is C46H31FN2O. The van der Waals surface area contributed by atoms with Gasteiger partial charge in [-0.15, -0.1) is 0 Å². The average molecular weight is 647 g/mol. The van der Waals surface area contributed by atoms with Crippen LogP contribution in [-0.2, 0) is 0 Å².